The summed E-state index contributed by atoms with van der Waals surface area (Å²) in [6.45, 7) is 8.49. The number of fused-ring (bicyclic) bond motifs is 2. The lowest BCUT2D eigenvalue weighted by Gasteiger charge is -2.01. The van der Waals surface area contributed by atoms with Gasteiger partial charge in [-0.05, 0) is 60.4 Å². The van der Waals surface area contributed by atoms with E-state index in [4.69, 9.17) is 0 Å². The van der Waals surface area contributed by atoms with Crippen molar-refractivity contribution in [2.45, 2.75) is 27.7 Å². The molecule has 0 fully saturated rings. The fourth-order valence-electron chi connectivity index (χ4n) is 4.57. The summed E-state index contributed by atoms with van der Waals surface area (Å²) in [5.41, 5.74) is 7.30. The lowest BCUT2D eigenvalue weighted by molar-refractivity contribution is 1.49. The molecule has 4 aromatic carbocycles. The van der Waals surface area contributed by atoms with Gasteiger partial charge in [0.2, 0.25) is 0 Å². The quantitative estimate of drug-likeness (QED) is 0.174. The highest BCUT2D eigenvalue weighted by Crippen LogP contribution is 2.21. The average molecular weight is 545 g/mol. The third-order valence-electron chi connectivity index (χ3n) is 6.96. The maximum atomic E-state index is 2.19. The Morgan fingerprint density at radius 3 is 1.19 bits per heavy atom. The first-order chi connectivity index (χ1) is 20.5. The normalized spacial score (nSPS) is 14.3. The van der Waals surface area contributed by atoms with E-state index in [1.54, 1.807) is 0 Å². The maximum Gasteiger partial charge on any atom is -0.0111 e. The molecule has 4 aromatic rings. The SMILES string of the molecule is CC(/C=C/C=C(C)/C=C/c1cccc2ccccc12)=C\C=C\C=C(C)\C=C\C=C(C)\C=C\c1cccc2ccccc12. The lowest BCUT2D eigenvalue weighted by Crippen LogP contribution is -1.77. The number of hydrogen-bond acceptors (Lipinski definition) is 0. The van der Waals surface area contributed by atoms with Crippen molar-refractivity contribution >= 4 is 33.7 Å². The van der Waals surface area contributed by atoms with E-state index in [1.165, 1.54) is 55.0 Å². The number of allylic oxidation sites excluding steroid dienone is 16. The van der Waals surface area contributed by atoms with Crippen molar-refractivity contribution in [3.63, 3.8) is 0 Å². The molecule has 208 valence electrons. The van der Waals surface area contributed by atoms with Crippen LogP contribution < -0.4 is 0 Å². The summed E-state index contributed by atoms with van der Waals surface area (Å²) in [6.07, 6.45) is 29.9. The molecule has 42 heavy (non-hydrogen) atoms. The second-order valence-electron chi connectivity index (χ2n) is 10.5. The van der Waals surface area contributed by atoms with Crippen molar-refractivity contribution in [2.75, 3.05) is 0 Å². The van der Waals surface area contributed by atoms with Crippen molar-refractivity contribution in [1.82, 2.24) is 0 Å². The summed E-state index contributed by atoms with van der Waals surface area (Å²) in [6, 6.07) is 29.9. The Morgan fingerprint density at radius 1 is 0.381 bits per heavy atom. The van der Waals surface area contributed by atoms with E-state index in [9.17, 15) is 0 Å². The van der Waals surface area contributed by atoms with Gasteiger partial charge in [-0.15, -0.1) is 0 Å². The van der Waals surface area contributed by atoms with Gasteiger partial charge >= 0.3 is 0 Å². The zero-order valence-corrected chi connectivity index (χ0v) is 25.2. The molecule has 0 spiro atoms. The van der Waals surface area contributed by atoms with Gasteiger partial charge in [0.25, 0.3) is 0 Å². The van der Waals surface area contributed by atoms with Crippen LogP contribution in [-0.2, 0) is 0 Å². The third kappa shape index (κ3) is 9.32. The molecule has 0 amide bonds. The van der Waals surface area contributed by atoms with Gasteiger partial charge in [-0.25, -0.2) is 0 Å². The van der Waals surface area contributed by atoms with Crippen LogP contribution in [-0.4, -0.2) is 0 Å². The molecule has 0 atom stereocenters. The van der Waals surface area contributed by atoms with E-state index in [0.717, 1.165) is 0 Å². The van der Waals surface area contributed by atoms with E-state index in [2.05, 4.69) is 198 Å². The van der Waals surface area contributed by atoms with Gasteiger partial charge in [-0.2, -0.15) is 0 Å². The molecule has 0 radical (unpaired) electrons. The van der Waals surface area contributed by atoms with Crippen LogP contribution in [0.25, 0.3) is 33.7 Å². The molecule has 0 unspecified atom stereocenters. The minimum Gasteiger partial charge on any atom is -0.0620 e. The predicted octanol–water partition coefficient (Wildman–Crippen LogP) is 12.2. The summed E-state index contributed by atoms with van der Waals surface area (Å²) < 4.78 is 0. The second-order valence-corrected chi connectivity index (χ2v) is 10.5. The van der Waals surface area contributed by atoms with Crippen LogP contribution in [0.2, 0.25) is 0 Å². The van der Waals surface area contributed by atoms with Crippen molar-refractivity contribution < 1.29 is 0 Å². The first kappa shape index (κ1) is 30.0. The Labute approximate surface area is 252 Å². The van der Waals surface area contributed by atoms with Crippen LogP contribution in [0.3, 0.4) is 0 Å². The Hall–Kier alpha value is -4.94. The van der Waals surface area contributed by atoms with Crippen LogP contribution in [0, 0.1) is 0 Å². The first-order valence-corrected chi connectivity index (χ1v) is 14.5. The van der Waals surface area contributed by atoms with Crippen LogP contribution >= 0.6 is 0 Å². The first-order valence-electron chi connectivity index (χ1n) is 14.5. The monoisotopic (exact) mass is 544 g/mol. The molecular weight excluding hydrogens is 504 g/mol. The van der Waals surface area contributed by atoms with Crippen molar-refractivity contribution in [3.05, 3.63) is 191 Å². The van der Waals surface area contributed by atoms with Gasteiger partial charge in [0.05, 0.1) is 0 Å². The van der Waals surface area contributed by atoms with Gasteiger partial charge in [-0.3, -0.25) is 0 Å². The van der Waals surface area contributed by atoms with Gasteiger partial charge in [-0.1, -0.05) is 192 Å². The van der Waals surface area contributed by atoms with Gasteiger partial charge in [0.15, 0.2) is 0 Å². The lowest BCUT2D eigenvalue weighted by atomic mass is 10.0. The number of benzene rings is 4. The van der Waals surface area contributed by atoms with Crippen molar-refractivity contribution in [1.29, 1.82) is 0 Å². The highest BCUT2D eigenvalue weighted by Gasteiger charge is 1.97. The highest BCUT2D eigenvalue weighted by atomic mass is 14.0. The summed E-state index contributed by atoms with van der Waals surface area (Å²) in [4.78, 5) is 0. The topological polar surface area (TPSA) is 0 Å². The van der Waals surface area contributed by atoms with E-state index in [0.29, 0.717) is 0 Å². The van der Waals surface area contributed by atoms with Gasteiger partial charge < -0.3 is 0 Å². The number of hydrogen-bond donors (Lipinski definition) is 0. The molecule has 0 aliphatic heterocycles. The van der Waals surface area contributed by atoms with E-state index in [-0.39, 0.29) is 0 Å². The van der Waals surface area contributed by atoms with Crippen LogP contribution in [0.4, 0.5) is 0 Å². The Balaban J connectivity index is 1.27. The Bertz CT molecular complexity index is 1640. The fraction of sp³-hybridized carbons (Fsp3) is 0.0952. The van der Waals surface area contributed by atoms with E-state index < -0.39 is 0 Å². The minimum absolute atomic E-state index is 1.20. The maximum absolute atomic E-state index is 2.19. The predicted molar refractivity (Wildman–Crippen MR) is 188 cm³/mol. The minimum atomic E-state index is 1.20. The molecular formula is C42H40. The Morgan fingerprint density at radius 2 is 0.738 bits per heavy atom. The molecule has 0 aliphatic rings. The number of rotatable bonds is 10. The second kappa shape index (κ2) is 15.7. The Kier molecular flexibility index (Phi) is 11.3. The average Bonchev–Trinajstić information content (AvgIpc) is 3.01. The fourth-order valence-corrected chi connectivity index (χ4v) is 4.57. The molecule has 0 aromatic heterocycles. The largest absolute Gasteiger partial charge is 0.0620 e. The molecule has 0 bridgehead atoms. The van der Waals surface area contributed by atoms with Gasteiger partial charge in [0, 0.05) is 0 Å². The summed E-state index contributed by atoms with van der Waals surface area (Å²) >= 11 is 0. The molecule has 0 N–H and O–H groups in total. The molecule has 0 saturated carbocycles. The van der Waals surface area contributed by atoms with Crippen LogP contribution in [0.1, 0.15) is 38.8 Å². The highest BCUT2D eigenvalue weighted by molar-refractivity contribution is 5.91. The third-order valence-corrected chi connectivity index (χ3v) is 6.96. The van der Waals surface area contributed by atoms with Gasteiger partial charge in [0.1, 0.15) is 0 Å². The van der Waals surface area contributed by atoms with E-state index >= 15 is 0 Å². The van der Waals surface area contributed by atoms with Crippen molar-refractivity contribution in [2.24, 2.45) is 0 Å². The van der Waals surface area contributed by atoms with E-state index in [1.807, 2.05) is 0 Å². The smallest absolute Gasteiger partial charge is 0.0111 e. The molecule has 0 nitrogen and oxygen atoms in total. The summed E-state index contributed by atoms with van der Waals surface area (Å²) in [5.74, 6) is 0. The molecule has 0 heteroatoms. The molecule has 0 aliphatic carbocycles. The molecule has 4 rings (SSSR count). The summed E-state index contributed by atoms with van der Waals surface area (Å²) in [7, 11) is 0. The summed E-state index contributed by atoms with van der Waals surface area (Å²) in [5, 5.41) is 5.09. The standard InChI is InChI=1S/C42H40/c1-33(17-11-19-35(3)29-31-39-25-13-23-37-21-7-9-27-41(37)39)15-5-6-16-34(2)18-12-20-36(4)30-32-40-26-14-24-38-22-8-10-28-42(38)40/h5-32H,1-4H3/b6-5+,17-11+,18-12+,31-29+,32-30+,33-15+,34-16+,35-19+,36-20+. The van der Waals surface area contributed by atoms with Crippen LogP contribution in [0.5, 0.6) is 0 Å². The molecule has 0 heterocycles. The zero-order chi connectivity index (χ0) is 29.6. The molecule has 0 saturated heterocycles. The van der Waals surface area contributed by atoms with Crippen LogP contribution in [0.15, 0.2) is 180 Å². The van der Waals surface area contributed by atoms with Crippen molar-refractivity contribution in [3.8, 4) is 0 Å². The zero-order valence-electron chi connectivity index (χ0n) is 25.2.